The molecule has 1 aromatic heterocycles. The van der Waals surface area contributed by atoms with Crippen LogP contribution in [0.15, 0.2) is 28.8 Å². The summed E-state index contributed by atoms with van der Waals surface area (Å²) >= 11 is 0. The van der Waals surface area contributed by atoms with Gasteiger partial charge in [0, 0.05) is 35.9 Å². The third-order valence-electron chi connectivity index (χ3n) is 6.79. The van der Waals surface area contributed by atoms with E-state index < -0.39 is 0 Å². The molecular formula is C22H29N3O3. The molecule has 2 saturated heterocycles. The fraction of sp³-hybridized carbons (Fsp3) is 0.591. The Morgan fingerprint density at radius 3 is 2.89 bits per heavy atom. The van der Waals surface area contributed by atoms with Gasteiger partial charge in [-0.15, -0.1) is 0 Å². The van der Waals surface area contributed by atoms with E-state index in [4.69, 9.17) is 4.52 Å². The summed E-state index contributed by atoms with van der Waals surface area (Å²) in [5.74, 6) is 1.39. The van der Waals surface area contributed by atoms with Crippen molar-refractivity contribution >= 4 is 5.91 Å². The molecule has 1 amide bonds. The molecule has 0 unspecified atom stereocenters. The number of aryl methyl sites for hydroxylation is 2. The molecule has 3 atom stereocenters. The number of aromatic nitrogens is 2. The van der Waals surface area contributed by atoms with Crippen molar-refractivity contribution < 1.29 is 14.4 Å². The van der Waals surface area contributed by atoms with E-state index in [-0.39, 0.29) is 24.0 Å². The molecule has 2 aromatic rings. The second-order valence-electron chi connectivity index (χ2n) is 8.31. The molecular weight excluding hydrogens is 354 g/mol. The summed E-state index contributed by atoms with van der Waals surface area (Å²) in [6, 6.07) is 8.47. The zero-order valence-electron chi connectivity index (χ0n) is 16.7. The van der Waals surface area contributed by atoms with Crippen molar-refractivity contribution in [2.45, 2.75) is 70.9 Å². The maximum absolute atomic E-state index is 12.9. The van der Waals surface area contributed by atoms with Gasteiger partial charge in [-0.25, -0.2) is 0 Å². The van der Waals surface area contributed by atoms with Crippen LogP contribution in [0.25, 0.3) is 11.4 Å². The first-order valence-corrected chi connectivity index (χ1v) is 10.4. The van der Waals surface area contributed by atoms with Crippen LogP contribution in [-0.2, 0) is 11.2 Å². The minimum absolute atomic E-state index is 0.0898. The number of fused-ring (bicyclic) bond motifs is 2. The van der Waals surface area contributed by atoms with E-state index in [1.807, 2.05) is 31.2 Å². The number of aliphatic hydroxyl groups is 1. The van der Waals surface area contributed by atoms with Crippen LogP contribution in [0.4, 0.5) is 0 Å². The number of rotatable bonds is 7. The predicted octanol–water partition coefficient (Wildman–Crippen LogP) is 3.52. The number of benzene rings is 1. The minimum Gasteiger partial charge on any atom is -0.396 e. The standard InChI is InChI=1S/C22H29N3O3/c1-3-22(14-26)13-16-11-12-18(22)25(16)20(27)10-6-9-19-23-21(24-28-19)17-8-5-4-7-15(17)2/h4-5,7-8,16,18,26H,3,6,9-14H2,1-2H3/t16-,18+,22-/m0/s1. The molecule has 6 heteroatoms. The first kappa shape index (κ1) is 19.1. The number of nitrogens with zero attached hydrogens (tertiary/aromatic N) is 3. The number of carbonyl (C=O) groups is 1. The van der Waals surface area contributed by atoms with Gasteiger partial charge in [0.25, 0.3) is 0 Å². The number of amides is 1. The summed E-state index contributed by atoms with van der Waals surface area (Å²) in [5.41, 5.74) is 1.99. The lowest BCUT2D eigenvalue weighted by Gasteiger charge is -2.34. The lowest BCUT2D eigenvalue weighted by atomic mass is 9.72. The quantitative estimate of drug-likeness (QED) is 0.791. The molecule has 2 aliphatic heterocycles. The molecule has 0 aliphatic carbocycles. The average Bonchev–Trinajstić information content (AvgIpc) is 3.41. The van der Waals surface area contributed by atoms with Crippen LogP contribution in [0.3, 0.4) is 0 Å². The maximum Gasteiger partial charge on any atom is 0.226 e. The predicted molar refractivity (Wildman–Crippen MR) is 105 cm³/mol. The molecule has 1 aromatic carbocycles. The summed E-state index contributed by atoms with van der Waals surface area (Å²) in [6.45, 7) is 4.33. The van der Waals surface area contributed by atoms with Gasteiger partial charge in [0.2, 0.25) is 17.6 Å². The van der Waals surface area contributed by atoms with Crippen molar-refractivity contribution in [3.63, 3.8) is 0 Å². The first-order chi connectivity index (χ1) is 13.6. The molecule has 150 valence electrons. The van der Waals surface area contributed by atoms with Crippen molar-refractivity contribution in [2.24, 2.45) is 5.41 Å². The molecule has 2 aliphatic rings. The van der Waals surface area contributed by atoms with Crippen molar-refractivity contribution in [1.82, 2.24) is 15.0 Å². The molecule has 3 heterocycles. The second-order valence-corrected chi connectivity index (χ2v) is 8.31. The fourth-order valence-electron chi connectivity index (χ4n) is 5.14. The highest BCUT2D eigenvalue weighted by atomic mass is 16.5. The summed E-state index contributed by atoms with van der Waals surface area (Å²) in [7, 11) is 0. The first-order valence-electron chi connectivity index (χ1n) is 10.4. The van der Waals surface area contributed by atoms with Crippen molar-refractivity contribution in [2.75, 3.05) is 6.61 Å². The van der Waals surface area contributed by atoms with Crippen LogP contribution in [0, 0.1) is 12.3 Å². The number of aliphatic hydroxyl groups excluding tert-OH is 1. The molecule has 6 nitrogen and oxygen atoms in total. The van der Waals surface area contributed by atoms with Gasteiger partial charge >= 0.3 is 0 Å². The van der Waals surface area contributed by atoms with E-state index in [9.17, 15) is 9.90 Å². The van der Waals surface area contributed by atoms with E-state index in [0.29, 0.717) is 37.0 Å². The molecule has 0 radical (unpaired) electrons. The highest BCUT2D eigenvalue weighted by Gasteiger charge is 2.55. The van der Waals surface area contributed by atoms with Gasteiger partial charge in [-0.2, -0.15) is 4.98 Å². The Morgan fingerprint density at radius 1 is 1.36 bits per heavy atom. The van der Waals surface area contributed by atoms with Gasteiger partial charge in [0.1, 0.15) is 0 Å². The normalized spacial score (nSPS) is 26.2. The van der Waals surface area contributed by atoms with Gasteiger partial charge in [-0.05, 0) is 44.6 Å². The zero-order chi connectivity index (χ0) is 19.7. The number of carbonyl (C=O) groups excluding carboxylic acids is 1. The van der Waals surface area contributed by atoms with E-state index >= 15 is 0 Å². The third kappa shape index (κ3) is 3.24. The van der Waals surface area contributed by atoms with Gasteiger partial charge in [-0.1, -0.05) is 36.3 Å². The Hall–Kier alpha value is -2.21. The molecule has 2 fully saturated rings. The smallest absolute Gasteiger partial charge is 0.226 e. The van der Waals surface area contributed by atoms with Crippen molar-refractivity contribution in [1.29, 1.82) is 0 Å². The minimum atomic E-state index is -0.0898. The molecule has 0 spiro atoms. The molecule has 1 N–H and O–H groups in total. The monoisotopic (exact) mass is 383 g/mol. The van der Waals surface area contributed by atoms with E-state index in [1.165, 1.54) is 0 Å². The van der Waals surface area contributed by atoms with Crippen LogP contribution in [0.1, 0.15) is 56.9 Å². The zero-order valence-corrected chi connectivity index (χ0v) is 16.7. The summed E-state index contributed by atoms with van der Waals surface area (Å²) < 4.78 is 5.38. The van der Waals surface area contributed by atoms with Crippen LogP contribution in [-0.4, -0.2) is 44.7 Å². The summed E-state index contributed by atoms with van der Waals surface area (Å²) in [4.78, 5) is 19.4. The number of hydrogen-bond donors (Lipinski definition) is 1. The van der Waals surface area contributed by atoms with E-state index in [2.05, 4.69) is 22.0 Å². The average molecular weight is 383 g/mol. The lowest BCUT2D eigenvalue weighted by molar-refractivity contribution is -0.133. The molecule has 28 heavy (non-hydrogen) atoms. The summed E-state index contributed by atoms with van der Waals surface area (Å²) in [5, 5.41) is 14.0. The van der Waals surface area contributed by atoms with Crippen molar-refractivity contribution in [3.8, 4) is 11.4 Å². The highest BCUT2D eigenvalue weighted by Crippen LogP contribution is 2.51. The number of hydrogen-bond acceptors (Lipinski definition) is 5. The Morgan fingerprint density at radius 2 is 2.18 bits per heavy atom. The largest absolute Gasteiger partial charge is 0.396 e. The summed E-state index contributed by atoms with van der Waals surface area (Å²) in [6.07, 6.45) is 5.75. The Labute approximate surface area is 165 Å². The molecule has 0 saturated carbocycles. The topological polar surface area (TPSA) is 79.5 Å². The third-order valence-corrected chi connectivity index (χ3v) is 6.79. The Kier molecular flexibility index (Phi) is 5.23. The van der Waals surface area contributed by atoms with Crippen LogP contribution < -0.4 is 0 Å². The highest BCUT2D eigenvalue weighted by molar-refractivity contribution is 5.78. The maximum atomic E-state index is 12.9. The van der Waals surface area contributed by atoms with Crippen molar-refractivity contribution in [3.05, 3.63) is 35.7 Å². The van der Waals surface area contributed by atoms with Crippen LogP contribution in [0.2, 0.25) is 0 Å². The van der Waals surface area contributed by atoms with Crippen LogP contribution >= 0.6 is 0 Å². The Balaban J connectivity index is 1.34. The van der Waals surface area contributed by atoms with E-state index in [0.717, 1.165) is 36.8 Å². The van der Waals surface area contributed by atoms with Gasteiger partial charge < -0.3 is 14.5 Å². The second kappa shape index (κ2) is 7.66. The van der Waals surface area contributed by atoms with Gasteiger partial charge in [-0.3, -0.25) is 4.79 Å². The van der Waals surface area contributed by atoms with Gasteiger partial charge in [0.15, 0.2) is 0 Å². The fourth-order valence-corrected chi connectivity index (χ4v) is 5.14. The molecule has 2 bridgehead atoms. The lowest BCUT2D eigenvalue weighted by Crippen LogP contribution is -2.42. The van der Waals surface area contributed by atoms with Crippen LogP contribution in [0.5, 0.6) is 0 Å². The van der Waals surface area contributed by atoms with E-state index in [1.54, 1.807) is 0 Å². The Bertz CT molecular complexity index is 843. The van der Waals surface area contributed by atoms with Gasteiger partial charge in [0.05, 0.1) is 6.61 Å². The SMILES string of the molecule is CC[C@@]1(CO)C[C@@H]2CC[C@H]1N2C(=O)CCCc1nc(-c2ccccc2C)no1. The molecule has 4 rings (SSSR count).